The summed E-state index contributed by atoms with van der Waals surface area (Å²) in [5.74, 6) is -0.392. The lowest BCUT2D eigenvalue weighted by Crippen LogP contribution is -2.44. The minimum absolute atomic E-state index is 0.0573. The highest BCUT2D eigenvalue weighted by atomic mass is 16.6. The van der Waals surface area contributed by atoms with E-state index in [0.29, 0.717) is 24.7 Å². The predicted octanol–water partition coefficient (Wildman–Crippen LogP) is 1.24. The summed E-state index contributed by atoms with van der Waals surface area (Å²) in [4.78, 5) is 35.0. The smallest absolute Gasteiger partial charge is 0.338 e. The van der Waals surface area contributed by atoms with Gasteiger partial charge in [0, 0.05) is 6.04 Å². The van der Waals surface area contributed by atoms with Gasteiger partial charge in [-0.15, -0.1) is 0 Å². The maximum absolute atomic E-state index is 11.9. The number of benzene rings is 1. The zero-order chi connectivity index (χ0) is 17.5. The van der Waals surface area contributed by atoms with E-state index in [1.165, 1.54) is 12.1 Å². The first-order valence-electron chi connectivity index (χ1n) is 7.66. The molecule has 0 aliphatic carbocycles. The van der Waals surface area contributed by atoms with Crippen LogP contribution >= 0.6 is 0 Å². The summed E-state index contributed by atoms with van der Waals surface area (Å²) in [5, 5.41) is 4.66. The first kappa shape index (κ1) is 17.6. The number of carbonyl (C=O) groups is 3. The lowest BCUT2D eigenvalue weighted by atomic mass is 10.2. The summed E-state index contributed by atoms with van der Waals surface area (Å²) < 4.78 is 15.6. The molecule has 1 heterocycles. The van der Waals surface area contributed by atoms with Crippen molar-refractivity contribution in [2.75, 3.05) is 19.8 Å². The Labute approximate surface area is 139 Å². The third-order valence-corrected chi connectivity index (χ3v) is 3.36. The number of amides is 3. The van der Waals surface area contributed by atoms with Crippen molar-refractivity contribution in [1.29, 1.82) is 0 Å². The van der Waals surface area contributed by atoms with Crippen LogP contribution in [0.1, 0.15) is 30.6 Å². The monoisotopic (exact) mass is 336 g/mol. The fraction of sp³-hybridized carbons (Fsp3) is 0.438. The standard InChI is InChI=1S/C16H20N2O6/c1-3-10(2)17-16(21)18-14(19)9-24-15(20)11-4-5-12-13(8-11)23-7-6-22-12/h4-5,8,10H,3,6-7,9H2,1-2H3,(H2,17,18,19,21)/t10-/m1/s1. The van der Waals surface area contributed by atoms with E-state index in [4.69, 9.17) is 14.2 Å². The molecule has 2 rings (SSSR count). The molecule has 1 aromatic rings. The van der Waals surface area contributed by atoms with E-state index in [1.54, 1.807) is 6.07 Å². The van der Waals surface area contributed by atoms with Gasteiger partial charge in [0.2, 0.25) is 0 Å². The topological polar surface area (TPSA) is 103 Å². The molecule has 0 aromatic heterocycles. The van der Waals surface area contributed by atoms with Crippen LogP contribution in [0.25, 0.3) is 0 Å². The molecule has 1 aliphatic heterocycles. The van der Waals surface area contributed by atoms with Gasteiger partial charge >= 0.3 is 12.0 Å². The Hall–Kier alpha value is -2.77. The van der Waals surface area contributed by atoms with Crippen molar-refractivity contribution in [1.82, 2.24) is 10.6 Å². The third-order valence-electron chi connectivity index (χ3n) is 3.36. The summed E-state index contributed by atoms with van der Waals surface area (Å²) in [6, 6.07) is 3.93. The Kier molecular flexibility index (Phi) is 6.00. The van der Waals surface area contributed by atoms with Gasteiger partial charge in [-0.25, -0.2) is 9.59 Å². The minimum Gasteiger partial charge on any atom is -0.486 e. The Morgan fingerprint density at radius 1 is 1.21 bits per heavy atom. The molecule has 0 unspecified atom stereocenters. The number of nitrogens with one attached hydrogen (secondary N) is 2. The number of imide groups is 1. The fourth-order valence-corrected chi connectivity index (χ4v) is 1.91. The van der Waals surface area contributed by atoms with Crippen LogP contribution in [-0.2, 0) is 9.53 Å². The van der Waals surface area contributed by atoms with Crippen molar-refractivity contribution in [3.05, 3.63) is 23.8 Å². The van der Waals surface area contributed by atoms with Crippen molar-refractivity contribution in [3.8, 4) is 11.5 Å². The minimum atomic E-state index is -0.707. The normalized spacial score (nSPS) is 13.6. The highest BCUT2D eigenvalue weighted by Gasteiger charge is 2.17. The summed E-state index contributed by atoms with van der Waals surface area (Å²) in [7, 11) is 0. The Balaban J connectivity index is 1.82. The second-order valence-electron chi connectivity index (χ2n) is 5.27. The summed E-state index contributed by atoms with van der Waals surface area (Å²) in [6.07, 6.45) is 0.737. The molecule has 8 nitrogen and oxygen atoms in total. The number of esters is 1. The Morgan fingerprint density at radius 2 is 1.92 bits per heavy atom. The number of hydrogen-bond donors (Lipinski definition) is 2. The third kappa shape index (κ3) is 4.87. The van der Waals surface area contributed by atoms with Crippen LogP contribution in [-0.4, -0.2) is 43.8 Å². The first-order chi connectivity index (χ1) is 11.5. The Morgan fingerprint density at radius 3 is 2.62 bits per heavy atom. The predicted molar refractivity (Wildman–Crippen MR) is 84.1 cm³/mol. The molecule has 1 aliphatic rings. The number of urea groups is 1. The van der Waals surface area contributed by atoms with Gasteiger partial charge in [0.1, 0.15) is 13.2 Å². The van der Waals surface area contributed by atoms with E-state index in [9.17, 15) is 14.4 Å². The Bertz CT molecular complexity index is 631. The molecule has 3 amide bonds. The van der Waals surface area contributed by atoms with Crippen molar-refractivity contribution >= 4 is 17.9 Å². The number of fused-ring (bicyclic) bond motifs is 1. The summed E-state index contributed by atoms with van der Waals surface area (Å²) in [5.41, 5.74) is 0.233. The molecule has 1 atom stereocenters. The van der Waals surface area contributed by atoms with E-state index in [0.717, 1.165) is 6.42 Å². The van der Waals surface area contributed by atoms with Gasteiger partial charge in [-0.05, 0) is 31.5 Å². The van der Waals surface area contributed by atoms with Gasteiger partial charge in [-0.1, -0.05) is 6.92 Å². The van der Waals surface area contributed by atoms with Gasteiger partial charge in [0.05, 0.1) is 5.56 Å². The van der Waals surface area contributed by atoms with Gasteiger partial charge < -0.3 is 19.5 Å². The maximum Gasteiger partial charge on any atom is 0.338 e. The second kappa shape index (κ2) is 8.19. The van der Waals surface area contributed by atoms with Crippen LogP contribution in [0.15, 0.2) is 18.2 Å². The number of ether oxygens (including phenoxy) is 3. The molecule has 24 heavy (non-hydrogen) atoms. The summed E-state index contributed by atoms with van der Waals surface area (Å²) in [6.45, 7) is 4.02. The molecule has 0 saturated heterocycles. The number of rotatable bonds is 5. The lowest BCUT2D eigenvalue weighted by Gasteiger charge is -2.18. The van der Waals surface area contributed by atoms with Gasteiger partial charge in [-0.3, -0.25) is 10.1 Å². The van der Waals surface area contributed by atoms with Crippen LogP contribution in [0.4, 0.5) is 4.79 Å². The fourth-order valence-electron chi connectivity index (χ4n) is 1.91. The van der Waals surface area contributed by atoms with Gasteiger partial charge in [0.25, 0.3) is 5.91 Å². The van der Waals surface area contributed by atoms with E-state index in [2.05, 4.69) is 10.6 Å². The molecule has 2 N–H and O–H groups in total. The van der Waals surface area contributed by atoms with Crippen LogP contribution in [0.3, 0.4) is 0 Å². The van der Waals surface area contributed by atoms with Gasteiger partial charge in [0.15, 0.2) is 18.1 Å². The van der Waals surface area contributed by atoms with E-state index >= 15 is 0 Å². The van der Waals surface area contributed by atoms with E-state index in [1.807, 2.05) is 13.8 Å². The maximum atomic E-state index is 11.9. The average Bonchev–Trinajstić information content (AvgIpc) is 2.58. The average molecular weight is 336 g/mol. The van der Waals surface area contributed by atoms with Crippen LogP contribution in [0.5, 0.6) is 11.5 Å². The highest BCUT2D eigenvalue weighted by Crippen LogP contribution is 2.30. The summed E-state index contributed by atoms with van der Waals surface area (Å²) >= 11 is 0. The lowest BCUT2D eigenvalue weighted by molar-refractivity contribution is -0.123. The van der Waals surface area contributed by atoms with E-state index < -0.39 is 24.5 Å². The second-order valence-corrected chi connectivity index (χ2v) is 5.27. The van der Waals surface area contributed by atoms with Crippen LogP contribution in [0, 0.1) is 0 Å². The molecule has 0 bridgehead atoms. The first-order valence-corrected chi connectivity index (χ1v) is 7.66. The van der Waals surface area contributed by atoms with Crippen LogP contribution in [0.2, 0.25) is 0 Å². The SMILES string of the molecule is CC[C@@H](C)NC(=O)NC(=O)COC(=O)c1ccc2c(c1)OCCO2. The molecule has 8 heteroatoms. The molecule has 0 radical (unpaired) electrons. The van der Waals surface area contributed by atoms with Crippen molar-refractivity contribution < 1.29 is 28.6 Å². The zero-order valence-electron chi connectivity index (χ0n) is 13.6. The van der Waals surface area contributed by atoms with Crippen LogP contribution < -0.4 is 20.1 Å². The van der Waals surface area contributed by atoms with E-state index in [-0.39, 0.29) is 11.6 Å². The molecular weight excluding hydrogens is 316 g/mol. The molecular formula is C16H20N2O6. The molecule has 0 fully saturated rings. The molecule has 130 valence electrons. The molecule has 1 aromatic carbocycles. The number of carbonyl (C=O) groups excluding carboxylic acids is 3. The zero-order valence-corrected chi connectivity index (χ0v) is 13.6. The van der Waals surface area contributed by atoms with Crippen molar-refractivity contribution in [3.63, 3.8) is 0 Å². The largest absolute Gasteiger partial charge is 0.486 e. The quantitative estimate of drug-likeness (QED) is 0.784. The van der Waals surface area contributed by atoms with Crippen molar-refractivity contribution in [2.45, 2.75) is 26.3 Å². The molecule has 0 saturated carbocycles. The van der Waals surface area contributed by atoms with Crippen molar-refractivity contribution in [2.24, 2.45) is 0 Å². The molecule has 0 spiro atoms. The number of hydrogen-bond acceptors (Lipinski definition) is 6. The highest BCUT2D eigenvalue weighted by molar-refractivity contribution is 5.97. The van der Waals surface area contributed by atoms with Gasteiger partial charge in [-0.2, -0.15) is 0 Å².